The lowest BCUT2D eigenvalue weighted by atomic mass is 9.97. The summed E-state index contributed by atoms with van der Waals surface area (Å²) in [5.41, 5.74) is 2.56. The smallest absolute Gasteiger partial charge is 0.290 e. The van der Waals surface area contributed by atoms with Crippen LogP contribution in [0.3, 0.4) is 0 Å². The van der Waals surface area contributed by atoms with Crippen LogP contribution < -0.4 is 15.5 Å². The molecule has 2 amide bonds. The van der Waals surface area contributed by atoms with Crippen molar-refractivity contribution in [2.45, 2.75) is 19.4 Å². The van der Waals surface area contributed by atoms with Gasteiger partial charge in [0, 0.05) is 37.6 Å². The molecular formula is C23H23FN8O2S. The number of aromatic amines is 1. The minimum atomic E-state index is -0.405. The van der Waals surface area contributed by atoms with E-state index in [2.05, 4.69) is 40.7 Å². The first-order valence-corrected chi connectivity index (χ1v) is 12.0. The molecule has 180 valence electrons. The number of nitrogens with zero attached hydrogens (tertiary/aromatic N) is 5. The Morgan fingerprint density at radius 1 is 1.20 bits per heavy atom. The lowest BCUT2D eigenvalue weighted by Gasteiger charge is -2.32. The van der Waals surface area contributed by atoms with Crippen molar-refractivity contribution in [3.05, 3.63) is 58.8 Å². The molecule has 0 radical (unpaired) electrons. The molecule has 0 aromatic carbocycles. The lowest BCUT2D eigenvalue weighted by molar-refractivity contribution is -0.115. The zero-order valence-electron chi connectivity index (χ0n) is 18.7. The summed E-state index contributed by atoms with van der Waals surface area (Å²) in [6, 6.07) is 5.24. The number of hydrogen-bond donors (Lipinski definition) is 3. The maximum absolute atomic E-state index is 14.2. The number of pyridine rings is 1. The number of anilines is 1. The van der Waals surface area contributed by atoms with Crippen LogP contribution in [0.2, 0.25) is 0 Å². The van der Waals surface area contributed by atoms with Crippen LogP contribution in [0.5, 0.6) is 0 Å². The second-order valence-electron chi connectivity index (χ2n) is 8.33. The molecule has 5 rings (SSSR count). The molecular weight excluding hydrogens is 471 g/mol. The number of H-pyrrole nitrogens is 1. The summed E-state index contributed by atoms with van der Waals surface area (Å²) < 4.78 is 14.2. The van der Waals surface area contributed by atoms with Crippen LogP contribution in [0.1, 0.15) is 24.1 Å². The Morgan fingerprint density at radius 3 is 2.80 bits per heavy atom. The fraction of sp³-hybridized carbons (Fsp3) is 0.304. The molecule has 2 aliphatic heterocycles. The van der Waals surface area contributed by atoms with E-state index >= 15 is 0 Å². The number of piperidine rings is 1. The SMILES string of the molecule is O=C1NC(=O)/C(=C\c2ccnc(N3CCC(CNCc4cc(-c5ccn[nH]5)ncc4F)CC3)n2)S1. The van der Waals surface area contributed by atoms with Gasteiger partial charge in [0.25, 0.3) is 11.1 Å². The normalized spacial score (nSPS) is 17.9. The standard InChI is InChI=1S/C23H23FN8O2S/c24-17-13-27-19(18-2-6-28-31-18)9-15(17)12-25-11-14-3-7-32(8-4-14)22-26-5-1-16(29-22)10-20-21(33)30-23(34)35-20/h1-2,5-6,9-10,13-14,25H,3-4,7-8,11-12H2,(H,28,31)(H,30,33,34)/b20-10+. The number of aromatic nitrogens is 5. The highest BCUT2D eigenvalue weighted by Gasteiger charge is 2.26. The second-order valence-corrected chi connectivity index (χ2v) is 9.34. The van der Waals surface area contributed by atoms with Crippen LogP contribution in [-0.2, 0) is 11.3 Å². The molecule has 0 aliphatic carbocycles. The van der Waals surface area contributed by atoms with Crippen molar-refractivity contribution in [3.63, 3.8) is 0 Å². The lowest BCUT2D eigenvalue weighted by Crippen LogP contribution is -2.38. The summed E-state index contributed by atoms with van der Waals surface area (Å²) >= 11 is 0.866. The Bertz CT molecular complexity index is 1260. The van der Waals surface area contributed by atoms with Crippen LogP contribution in [0.15, 0.2) is 41.7 Å². The molecule has 35 heavy (non-hydrogen) atoms. The fourth-order valence-corrected chi connectivity index (χ4v) is 4.73. The average Bonchev–Trinajstić information content (AvgIpc) is 3.51. The van der Waals surface area contributed by atoms with E-state index < -0.39 is 5.91 Å². The van der Waals surface area contributed by atoms with E-state index in [0.717, 1.165) is 49.9 Å². The highest BCUT2D eigenvalue weighted by atomic mass is 32.2. The number of rotatable bonds is 7. The highest BCUT2D eigenvalue weighted by molar-refractivity contribution is 8.18. The van der Waals surface area contributed by atoms with Gasteiger partial charge in [-0.1, -0.05) is 0 Å². The number of nitrogens with one attached hydrogen (secondary N) is 3. The predicted molar refractivity (Wildman–Crippen MR) is 130 cm³/mol. The van der Waals surface area contributed by atoms with Crippen molar-refractivity contribution >= 4 is 34.9 Å². The summed E-state index contributed by atoms with van der Waals surface area (Å²) in [4.78, 5) is 38.6. The first-order chi connectivity index (χ1) is 17.0. The molecule has 10 nitrogen and oxygen atoms in total. The van der Waals surface area contributed by atoms with Gasteiger partial charge in [-0.3, -0.25) is 25.0 Å². The van der Waals surface area contributed by atoms with Crippen molar-refractivity contribution < 1.29 is 14.0 Å². The van der Waals surface area contributed by atoms with Gasteiger partial charge in [-0.15, -0.1) is 0 Å². The van der Waals surface area contributed by atoms with E-state index in [1.165, 1.54) is 6.20 Å². The van der Waals surface area contributed by atoms with Gasteiger partial charge in [0.2, 0.25) is 5.95 Å². The number of amides is 2. The number of carbonyl (C=O) groups is 2. The fourth-order valence-electron chi connectivity index (χ4n) is 4.06. The Morgan fingerprint density at radius 2 is 2.06 bits per heavy atom. The van der Waals surface area contributed by atoms with Crippen molar-refractivity contribution in [2.75, 3.05) is 24.5 Å². The maximum atomic E-state index is 14.2. The molecule has 3 aromatic rings. The Kier molecular flexibility index (Phi) is 6.82. The molecule has 0 spiro atoms. The van der Waals surface area contributed by atoms with Crippen molar-refractivity contribution in [3.8, 4) is 11.4 Å². The van der Waals surface area contributed by atoms with E-state index in [-0.39, 0.29) is 11.1 Å². The molecule has 3 N–H and O–H groups in total. The Labute approximate surface area is 204 Å². The largest absolute Gasteiger partial charge is 0.341 e. The van der Waals surface area contributed by atoms with Crippen LogP contribution in [0, 0.1) is 11.7 Å². The summed E-state index contributed by atoms with van der Waals surface area (Å²) in [5, 5.41) is 12.0. The highest BCUT2D eigenvalue weighted by Crippen LogP contribution is 2.26. The van der Waals surface area contributed by atoms with Gasteiger partial charge in [0.05, 0.1) is 28.2 Å². The minimum absolute atomic E-state index is 0.326. The van der Waals surface area contributed by atoms with Gasteiger partial charge in [-0.05, 0) is 61.3 Å². The van der Waals surface area contributed by atoms with Gasteiger partial charge in [-0.2, -0.15) is 5.10 Å². The Hall–Kier alpha value is -3.64. The zero-order valence-corrected chi connectivity index (χ0v) is 19.5. The molecule has 5 heterocycles. The zero-order chi connectivity index (χ0) is 24.2. The third-order valence-corrected chi connectivity index (χ3v) is 6.75. The second kappa shape index (κ2) is 10.3. The van der Waals surface area contributed by atoms with Crippen molar-refractivity contribution in [1.82, 2.24) is 35.8 Å². The quantitative estimate of drug-likeness (QED) is 0.425. The van der Waals surface area contributed by atoms with Gasteiger partial charge in [0.15, 0.2) is 0 Å². The molecule has 2 saturated heterocycles. The summed E-state index contributed by atoms with van der Waals surface area (Å²) in [6.45, 7) is 2.80. The minimum Gasteiger partial charge on any atom is -0.341 e. The third-order valence-electron chi connectivity index (χ3n) is 5.94. The van der Waals surface area contributed by atoms with Crippen LogP contribution in [-0.4, -0.2) is 55.9 Å². The van der Waals surface area contributed by atoms with Crippen LogP contribution in [0.25, 0.3) is 17.5 Å². The predicted octanol–water partition coefficient (Wildman–Crippen LogP) is 2.73. The topological polar surface area (TPSA) is 129 Å². The van der Waals surface area contributed by atoms with E-state index in [0.29, 0.717) is 40.3 Å². The van der Waals surface area contributed by atoms with Crippen molar-refractivity contribution in [2.24, 2.45) is 5.92 Å². The molecule has 0 atom stereocenters. The third kappa shape index (κ3) is 5.54. The van der Waals surface area contributed by atoms with Gasteiger partial charge >= 0.3 is 0 Å². The van der Waals surface area contributed by atoms with Gasteiger partial charge < -0.3 is 10.2 Å². The maximum Gasteiger partial charge on any atom is 0.290 e. The number of halogens is 1. The summed E-state index contributed by atoms with van der Waals surface area (Å²) in [6.07, 6.45) is 8.04. The number of imide groups is 1. The first kappa shape index (κ1) is 23.1. The van der Waals surface area contributed by atoms with Gasteiger partial charge in [0.1, 0.15) is 5.82 Å². The number of thioether (sulfide) groups is 1. The molecule has 2 aliphatic rings. The van der Waals surface area contributed by atoms with E-state index in [1.807, 2.05) is 0 Å². The summed E-state index contributed by atoms with van der Waals surface area (Å²) in [5.74, 6) is 0.321. The van der Waals surface area contributed by atoms with E-state index in [1.54, 1.807) is 36.7 Å². The van der Waals surface area contributed by atoms with Crippen LogP contribution >= 0.6 is 11.8 Å². The molecule has 0 unspecified atom stereocenters. The monoisotopic (exact) mass is 494 g/mol. The molecule has 3 aromatic heterocycles. The number of carbonyl (C=O) groups excluding carboxylic acids is 2. The molecule has 2 fully saturated rings. The number of hydrogen-bond acceptors (Lipinski definition) is 9. The van der Waals surface area contributed by atoms with E-state index in [4.69, 9.17) is 0 Å². The average molecular weight is 495 g/mol. The molecule has 12 heteroatoms. The van der Waals surface area contributed by atoms with Crippen molar-refractivity contribution in [1.29, 1.82) is 0 Å². The first-order valence-electron chi connectivity index (χ1n) is 11.2. The summed E-state index contributed by atoms with van der Waals surface area (Å²) in [7, 11) is 0. The molecule has 0 saturated carbocycles. The molecule has 0 bridgehead atoms. The van der Waals surface area contributed by atoms with E-state index in [9.17, 15) is 14.0 Å². The van der Waals surface area contributed by atoms with Gasteiger partial charge in [-0.25, -0.2) is 14.4 Å². The Balaban J connectivity index is 1.13. The van der Waals surface area contributed by atoms with Crippen LogP contribution in [0.4, 0.5) is 15.1 Å².